The molecule has 0 N–H and O–H groups in total. The highest BCUT2D eigenvalue weighted by atomic mass is 28.3. The molecule has 0 unspecified atom stereocenters. The predicted octanol–water partition coefficient (Wildman–Crippen LogP) is 3.92. The normalized spacial score (nSPS) is 14.2. The van der Waals surface area contributed by atoms with Gasteiger partial charge >= 0.3 is 0 Å². The Hall–Kier alpha value is -2.13. The molecule has 1 aromatic heterocycles. The first-order valence-corrected chi connectivity index (χ1v) is 11.3. The molecule has 110 valence electrons. The van der Waals surface area contributed by atoms with E-state index in [0.717, 1.165) is 6.67 Å². The summed E-state index contributed by atoms with van der Waals surface area (Å²) in [5.41, 5.74) is 2.62. The van der Waals surface area contributed by atoms with E-state index in [1.54, 1.807) is 0 Å². The fraction of sp³-hybridized carbons (Fsp3) is 0.211. The van der Waals surface area contributed by atoms with Crippen molar-refractivity contribution < 1.29 is 4.58 Å². The van der Waals surface area contributed by atoms with Gasteiger partial charge in [-0.1, -0.05) is 50.0 Å². The Morgan fingerprint density at radius 2 is 1.68 bits per heavy atom. The fourth-order valence-corrected chi connectivity index (χ4v) is 4.96. The van der Waals surface area contributed by atoms with E-state index in [1.807, 2.05) is 0 Å². The van der Waals surface area contributed by atoms with E-state index in [1.165, 1.54) is 27.5 Å². The molecule has 0 bridgehead atoms. The Labute approximate surface area is 132 Å². The third-order valence-electron chi connectivity index (χ3n) is 4.44. The first-order chi connectivity index (χ1) is 10.5. The molecule has 0 fully saturated rings. The smallest absolute Gasteiger partial charge is 0.228 e. The van der Waals surface area contributed by atoms with Crippen LogP contribution >= 0.6 is 0 Å². The molecular formula is C19H21N2Si+. The van der Waals surface area contributed by atoms with Crippen LogP contribution in [0.25, 0.3) is 10.8 Å². The molecule has 2 heterocycles. The number of rotatable bonds is 2. The minimum Gasteiger partial charge on any atom is -0.288 e. The number of fused-ring (bicyclic) bond motifs is 2. The SMILES string of the molecule is C[Si](C)(C)c1ccc2n1C[N+](c1cccc3ccccc13)=C2. The van der Waals surface area contributed by atoms with Crippen LogP contribution in [0, 0.1) is 0 Å². The van der Waals surface area contributed by atoms with Crippen LogP contribution in [-0.4, -0.2) is 23.4 Å². The molecule has 0 saturated heterocycles. The van der Waals surface area contributed by atoms with Gasteiger partial charge in [0.05, 0.1) is 13.5 Å². The van der Waals surface area contributed by atoms with Crippen molar-refractivity contribution in [1.82, 2.24) is 4.57 Å². The Bertz CT molecular complexity index is 892. The second kappa shape index (κ2) is 4.68. The van der Waals surface area contributed by atoms with Gasteiger partial charge in [0.2, 0.25) is 12.4 Å². The molecule has 3 heteroatoms. The molecule has 3 aromatic rings. The average molecular weight is 305 g/mol. The van der Waals surface area contributed by atoms with Crippen LogP contribution in [0.1, 0.15) is 5.69 Å². The molecule has 0 amide bonds. The summed E-state index contributed by atoms with van der Waals surface area (Å²) in [4.78, 5) is 0. The van der Waals surface area contributed by atoms with Gasteiger partial charge in [0, 0.05) is 11.4 Å². The summed E-state index contributed by atoms with van der Waals surface area (Å²) in [6.07, 6.45) is 2.28. The van der Waals surface area contributed by atoms with Crippen LogP contribution in [0.4, 0.5) is 5.69 Å². The number of hydrogen-bond acceptors (Lipinski definition) is 0. The molecule has 0 atom stereocenters. The van der Waals surface area contributed by atoms with Gasteiger partial charge in [0.15, 0.2) is 6.21 Å². The molecule has 1 aliphatic heterocycles. The highest BCUT2D eigenvalue weighted by Gasteiger charge is 2.29. The topological polar surface area (TPSA) is 7.94 Å². The number of nitrogens with zero attached hydrogens (tertiary/aromatic N) is 2. The van der Waals surface area contributed by atoms with Crippen molar-refractivity contribution in [3.8, 4) is 0 Å². The van der Waals surface area contributed by atoms with Gasteiger partial charge in [-0.15, -0.1) is 0 Å². The zero-order valence-electron chi connectivity index (χ0n) is 13.4. The van der Waals surface area contributed by atoms with Crippen molar-refractivity contribution >= 4 is 36.1 Å². The molecule has 4 rings (SSSR count). The van der Waals surface area contributed by atoms with E-state index in [9.17, 15) is 0 Å². The van der Waals surface area contributed by atoms with Gasteiger partial charge < -0.3 is 0 Å². The van der Waals surface area contributed by atoms with Crippen molar-refractivity contribution in [1.29, 1.82) is 0 Å². The van der Waals surface area contributed by atoms with Gasteiger partial charge in [-0.3, -0.25) is 4.57 Å². The highest BCUT2D eigenvalue weighted by molar-refractivity contribution is 6.88. The third kappa shape index (κ3) is 2.04. The molecule has 0 spiro atoms. The monoisotopic (exact) mass is 305 g/mol. The van der Waals surface area contributed by atoms with Crippen LogP contribution < -0.4 is 5.32 Å². The second-order valence-corrected chi connectivity index (χ2v) is 12.1. The molecule has 0 aliphatic carbocycles. The summed E-state index contributed by atoms with van der Waals surface area (Å²) in [7, 11) is -1.31. The highest BCUT2D eigenvalue weighted by Crippen LogP contribution is 2.27. The molecule has 0 saturated carbocycles. The Morgan fingerprint density at radius 3 is 2.50 bits per heavy atom. The van der Waals surface area contributed by atoms with Crippen LogP contribution in [-0.2, 0) is 6.67 Å². The van der Waals surface area contributed by atoms with Crippen LogP contribution in [0.3, 0.4) is 0 Å². The van der Waals surface area contributed by atoms with E-state index in [0.29, 0.717) is 0 Å². The van der Waals surface area contributed by atoms with Crippen LogP contribution in [0.15, 0.2) is 54.6 Å². The van der Waals surface area contributed by atoms with Crippen molar-refractivity contribution in [2.75, 3.05) is 0 Å². The molecule has 2 aromatic carbocycles. The van der Waals surface area contributed by atoms with E-state index >= 15 is 0 Å². The Kier molecular flexibility index (Phi) is 2.88. The van der Waals surface area contributed by atoms with Crippen LogP contribution in [0.5, 0.6) is 0 Å². The summed E-state index contributed by atoms with van der Waals surface area (Å²) < 4.78 is 4.86. The molecule has 2 nitrogen and oxygen atoms in total. The lowest BCUT2D eigenvalue weighted by atomic mass is 10.1. The van der Waals surface area contributed by atoms with E-state index in [-0.39, 0.29) is 0 Å². The number of hydrogen-bond donors (Lipinski definition) is 0. The Morgan fingerprint density at radius 1 is 0.909 bits per heavy atom. The van der Waals surface area contributed by atoms with Gasteiger partial charge in [0.1, 0.15) is 5.69 Å². The second-order valence-electron chi connectivity index (χ2n) is 7.06. The first-order valence-electron chi connectivity index (χ1n) is 7.83. The maximum Gasteiger partial charge on any atom is 0.228 e. The van der Waals surface area contributed by atoms with E-state index in [2.05, 4.69) is 89.6 Å². The number of benzene rings is 2. The molecule has 0 radical (unpaired) electrons. The Balaban J connectivity index is 1.81. The molecule has 22 heavy (non-hydrogen) atoms. The standard InChI is InChI=1S/C19H21N2Si/c1-22(2,3)19-12-11-16-13-20(14-21(16)19)18-10-6-8-15-7-4-5-9-17(15)18/h4-13H,14H2,1-3H3/q+1. The zero-order chi connectivity index (χ0) is 15.3. The van der Waals surface area contributed by atoms with Gasteiger partial charge in [0.25, 0.3) is 0 Å². The van der Waals surface area contributed by atoms with Crippen molar-refractivity contribution in [2.24, 2.45) is 0 Å². The maximum absolute atomic E-state index is 2.48. The summed E-state index contributed by atoms with van der Waals surface area (Å²) in [6.45, 7) is 8.17. The first kappa shape index (κ1) is 13.5. The maximum atomic E-state index is 2.48. The quantitative estimate of drug-likeness (QED) is 0.501. The molecule has 1 aliphatic rings. The lowest BCUT2D eigenvalue weighted by molar-refractivity contribution is -0.461. The fourth-order valence-electron chi connectivity index (χ4n) is 3.37. The summed E-state index contributed by atoms with van der Waals surface area (Å²) >= 11 is 0. The lowest BCUT2D eigenvalue weighted by Gasteiger charge is -2.17. The lowest BCUT2D eigenvalue weighted by Crippen LogP contribution is -2.43. The molecular weight excluding hydrogens is 284 g/mol. The zero-order valence-corrected chi connectivity index (χ0v) is 14.4. The largest absolute Gasteiger partial charge is 0.288 e. The summed E-state index contributed by atoms with van der Waals surface area (Å²) in [5.74, 6) is 0. The van der Waals surface area contributed by atoms with Crippen molar-refractivity contribution in [3.05, 3.63) is 60.3 Å². The summed E-state index contributed by atoms with van der Waals surface area (Å²) in [5, 5.41) is 4.15. The van der Waals surface area contributed by atoms with Gasteiger partial charge in [-0.25, -0.2) is 0 Å². The van der Waals surface area contributed by atoms with Crippen LogP contribution in [0.2, 0.25) is 19.6 Å². The predicted molar refractivity (Wildman–Crippen MR) is 96.4 cm³/mol. The van der Waals surface area contributed by atoms with Gasteiger partial charge in [-0.05, 0) is 23.6 Å². The summed E-state index contributed by atoms with van der Waals surface area (Å²) in [6, 6.07) is 19.8. The van der Waals surface area contributed by atoms with E-state index in [4.69, 9.17) is 0 Å². The van der Waals surface area contributed by atoms with E-state index < -0.39 is 8.07 Å². The minimum absolute atomic E-state index is 0.927. The van der Waals surface area contributed by atoms with Crippen molar-refractivity contribution in [3.63, 3.8) is 0 Å². The average Bonchev–Trinajstić information content (AvgIpc) is 3.05. The van der Waals surface area contributed by atoms with Crippen molar-refractivity contribution in [2.45, 2.75) is 26.3 Å². The van der Waals surface area contributed by atoms with Gasteiger partial charge in [-0.2, -0.15) is 4.58 Å². The number of aromatic nitrogens is 1. The third-order valence-corrected chi connectivity index (χ3v) is 6.41. The minimum atomic E-state index is -1.31.